The van der Waals surface area contributed by atoms with Gasteiger partial charge in [-0.1, -0.05) is 23.7 Å². The fourth-order valence-corrected chi connectivity index (χ4v) is 2.37. The third-order valence-electron chi connectivity index (χ3n) is 2.53. The molecule has 6 heteroatoms. The van der Waals surface area contributed by atoms with Crippen LogP contribution in [0.5, 0.6) is 5.75 Å². The molecule has 0 atom stereocenters. The molecule has 0 unspecified atom stereocenters. The van der Waals surface area contributed by atoms with Crippen LogP contribution in [0.25, 0.3) is 0 Å². The van der Waals surface area contributed by atoms with Gasteiger partial charge < -0.3 is 15.4 Å². The van der Waals surface area contributed by atoms with Crippen molar-refractivity contribution in [2.24, 2.45) is 0 Å². The number of carbonyl (C=O) groups excluding carboxylic acids is 1. The quantitative estimate of drug-likeness (QED) is 0.737. The van der Waals surface area contributed by atoms with Gasteiger partial charge in [0.15, 0.2) is 0 Å². The second-order valence-corrected chi connectivity index (χ2v) is 5.48. The normalized spacial score (nSPS) is 9.95. The molecule has 0 saturated carbocycles. The molecule has 20 heavy (non-hydrogen) atoms. The van der Waals surface area contributed by atoms with E-state index in [-0.39, 0.29) is 6.03 Å². The SMILES string of the molecule is COc1ccc(NC(=O)Nc2ccccc2I)cc1Cl. The van der Waals surface area contributed by atoms with E-state index in [9.17, 15) is 4.79 Å². The minimum Gasteiger partial charge on any atom is -0.495 e. The van der Waals surface area contributed by atoms with E-state index in [1.165, 1.54) is 0 Å². The van der Waals surface area contributed by atoms with Crippen LogP contribution in [0.1, 0.15) is 0 Å². The third-order valence-corrected chi connectivity index (χ3v) is 3.77. The number of rotatable bonds is 3. The van der Waals surface area contributed by atoms with E-state index in [1.807, 2.05) is 24.3 Å². The topological polar surface area (TPSA) is 50.4 Å². The molecule has 2 amide bonds. The van der Waals surface area contributed by atoms with Crippen LogP contribution in [-0.2, 0) is 0 Å². The number of ether oxygens (including phenoxy) is 1. The van der Waals surface area contributed by atoms with E-state index in [2.05, 4.69) is 33.2 Å². The van der Waals surface area contributed by atoms with Gasteiger partial charge in [0.25, 0.3) is 0 Å². The molecule has 2 aromatic carbocycles. The summed E-state index contributed by atoms with van der Waals surface area (Å²) < 4.78 is 6.02. The lowest BCUT2D eigenvalue weighted by molar-refractivity contribution is 0.262. The van der Waals surface area contributed by atoms with Crippen LogP contribution < -0.4 is 15.4 Å². The molecule has 104 valence electrons. The first kappa shape index (κ1) is 14.9. The number of hydrogen-bond donors (Lipinski definition) is 2. The minimum absolute atomic E-state index is 0.324. The molecule has 0 aliphatic rings. The molecule has 0 aliphatic carbocycles. The third kappa shape index (κ3) is 3.77. The molecule has 0 aromatic heterocycles. The number of methoxy groups -OCH3 is 1. The smallest absolute Gasteiger partial charge is 0.323 e. The number of benzene rings is 2. The summed E-state index contributed by atoms with van der Waals surface area (Å²) in [5, 5.41) is 5.94. The lowest BCUT2D eigenvalue weighted by atomic mass is 10.3. The fraction of sp³-hybridized carbons (Fsp3) is 0.0714. The number of urea groups is 1. The molecule has 0 spiro atoms. The van der Waals surface area contributed by atoms with Crippen molar-refractivity contribution in [2.45, 2.75) is 0 Å². The predicted molar refractivity (Wildman–Crippen MR) is 89.8 cm³/mol. The number of para-hydroxylation sites is 1. The number of amides is 2. The highest BCUT2D eigenvalue weighted by Gasteiger charge is 2.07. The Balaban J connectivity index is 2.05. The van der Waals surface area contributed by atoms with Crippen LogP contribution in [0.15, 0.2) is 42.5 Å². The standard InChI is InChI=1S/C14H12ClIN2O2/c1-20-13-7-6-9(8-10(13)15)17-14(19)18-12-5-3-2-4-11(12)16/h2-8H,1H3,(H2,17,18,19). The summed E-state index contributed by atoms with van der Waals surface area (Å²) in [6.07, 6.45) is 0. The number of carbonyl (C=O) groups is 1. The van der Waals surface area contributed by atoms with E-state index < -0.39 is 0 Å². The Morgan fingerprint density at radius 1 is 1.20 bits per heavy atom. The highest BCUT2D eigenvalue weighted by molar-refractivity contribution is 14.1. The summed E-state index contributed by atoms with van der Waals surface area (Å²) in [4.78, 5) is 11.9. The van der Waals surface area contributed by atoms with Gasteiger partial charge >= 0.3 is 6.03 Å². The molecule has 0 fully saturated rings. The molecule has 0 saturated heterocycles. The first-order valence-corrected chi connectivity index (χ1v) is 7.22. The van der Waals surface area contributed by atoms with Crippen molar-refractivity contribution in [3.05, 3.63) is 51.1 Å². The van der Waals surface area contributed by atoms with Crippen molar-refractivity contribution in [2.75, 3.05) is 17.7 Å². The molecule has 2 N–H and O–H groups in total. The summed E-state index contributed by atoms with van der Waals surface area (Å²) in [6.45, 7) is 0. The average Bonchev–Trinajstić information content (AvgIpc) is 2.41. The van der Waals surface area contributed by atoms with Crippen LogP contribution in [0, 0.1) is 3.57 Å². The summed E-state index contributed by atoms with van der Waals surface area (Å²) in [7, 11) is 1.54. The van der Waals surface area contributed by atoms with Crippen LogP contribution >= 0.6 is 34.2 Å². The Morgan fingerprint density at radius 2 is 1.95 bits per heavy atom. The summed E-state index contributed by atoms with van der Waals surface area (Å²) >= 11 is 8.16. The molecule has 2 aromatic rings. The maximum atomic E-state index is 11.9. The number of halogens is 2. The van der Waals surface area contributed by atoms with Crippen LogP contribution in [0.2, 0.25) is 5.02 Å². The highest BCUT2D eigenvalue weighted by Crippen LogP contribution is 2.27. The molecule has 0 radical (unpaired) electrons. The van der Waals surface area contributed by atoms with Crippen molar-refractivity contribution in [1.82, 2.24) is 0 Å². The zero-order valence-electron chi connectivity index (χ0n) is 10.6. The second kappa shape index (κ2) is 6.81. The van der Waals surface area contributed by atoms with E-state index in [1.54, 1.807) is 25.3 Å². The van der Waals surface area contributed by atoms with Gasteiger partial charge in [-0.2, -0.15) is 0 Å². The van der Waals surface area contributed by atoms with Gasteiger partial charge in [-0.05, 0) is 52.9 Å². The maximum Gasteiger partial charge on any atom is 0.323 e. The van der Waals surface area contributed by atoms with Crippen LogP contribution in [0.3, 0.4) is 0 Å². The molecule has 2 rings (SSSR count). The predicted octanol–water partition coefficient (Wildman–Crippen LogP) is 4.60. The van der Waals surface area contributed by atoms with Crippen molar-refractivity contribution in [3.8, 4) is 5.75 Å². The van der Waals surface area contributed by atoms with E-state index in [0.29, 0.717) is 16.5 Å². The molecular weight excluding hydrogens is 391 g/mol. The number of nitrogens with one attached hydrogen (secondary N) is 2. The van der Waals surface area contributed by atoms with E-state index in [4.69, 9.17) is 16.3 Å². The van der Waals surface area contributed by atoms with Gasteiger partial charge in [-0.15, -0.1) is 0 Å². The van der Waals surface area contributed by atoms with Gasteiger partial charge in [-0.3, -0.25) is 0 Å². The summed E-state index contributed by atoms with van der Waals surface area (Å²) in [6, 6.07) is 12.3. The van der Waals surface area contributed by atoms with Gasteiger partial charge in [0.2, 0.25) is 0 Å². The Morgan fingerprint density at radius 3 is 2.60 bits per heavy atom. The van der Waals surface area contributed by atoms with Crippen molar-refractivity contribution < 1.29 is 9.53 Å². The monoisotopic (exact) mass is 402 g/mol. The van der Waals surface area contributed by atoms with Crippen LogP contribution in [-0.4, -0.2) is 13.1 Å². The number of anilines is 2. The average molecular weight is 403 g/mol. The van der Waals surface area contributed by atoms with Gasteiger partial charge in [0.1, 0.15) is 5.75 Å². The highest BCUT2D eigenvalue weighted by atomic mass is 127. The number of hydrogen-bond acceptors (Lipinski definition) is 2. The largest absolute Gasteiger partial charge is 0.495 e. The molecule has 0 heterocycles. The Kier molecular flexibility index (Phi) is 5.08. The van der Waals surface area contributed by atoms with Crippen molar-refractivity contribution >= 4 is 51.6 Å². The van der Waals surface area contributed by atoms with Crippen molar-refractivity contribution in [1.29, 1.82) is 0 Å². The van der Waals surface area contributed by atoms with Crippen molar-refractivity contribution in [3.63, 3.8) is 0 Å². The molecule has 4 nitrogen and oxygen atoms in total. The fourth-order valence-electron chi connectivity index (χ4n) is 1.59. The van der Waals surface area contributed by atoms with E-state index in [0.717, 1.165) is 9.26 Å². The minimum atomic E-state index is -0.324. The van der Waals surface area contributed by atoms with Gasteiger partial charge in [0, 0.05) is 9.26 Å². The summed E-state index contributed by atoms with van der Waals surface area (Å²) in [5.74, 6) is 0.565. The second-order valence-electron chi connectivity index (χ2n) is 3.91. The summed E-state index contributed by atoms with van der Waals surface area (Å²) in [5.41, 5.74) is 1.35. The van der Waals surface area contributed by atoms with Gasteiger partial charge in [-0.25, -0.2) is 4.79 Å². The van der Waals surface area contributed by atoms with Crippen LogP contribution in [0.4, 0.5) is 16.2 Å². The van der Waals surface area contributed by atoms with Gasteiger partial charge in [0.05, 0.1) is 17.8 Å². The lowest BCUT2D eigenvalue weighted by Crippen LogP contribution is -2.19. The maximum absolute atomic E-state index is 11.9. The Bertz CT molecular complexity index is 634. The Hall–Kier alpha value is -1.47. The van der Waals surface area contributed by atoms with E-state index >= 15 is 0 Å². The first-order valence-electron chi connectivity index (χ1n) is 5.76. The molecule has 0 aliphatic heterocycles. The first-order chi connectivity index (χ1) is 9.60. The zero-order chi connectivity index (χ0) is 14.5. The molecule has 0 bridgehead atoms. The zero-order valence-corrected chi connectivity index (χ0v) is 13.5. The Labute approximate surface area is 135 Å². The lowest BCUT2D eigenvalue weighted by Gasteiger charge is -2.10. The molecular formula is C14H12ClIN2O2.